The van der Waals surface area contributed by atoms with Gasteiger partial charge in [-0.15, -0.1) is 0 Å². The zero-order valence-corrected chi connectivity index (χ0v) is 13.4. The van der Waals surface area contributed by atoms with Crippen molar-refractivity contribution in [1.82, 2.24) is 4.90 Å². The molecule has 2 rings (SSSR count). The summed E-state index contributed by atoms with van der Waals surface area (Å²) in [7, 11) is 0. The lowest BCUT2D eigenvalue weighted by Crippen LogP contribution is -2.41. The number of hydrogen-bond acceptors (Lipinski definition) is 3. The molecule has 1 saturated heterocycles. The van der Waals surface area contributed by atoms with Gasteiger partial charge in [0.15, 0.2) is 0 Å². The van der Waals surface area contributed by atoms with E-state index in [1.165, 1.54) is 38.5 Å². The Labute approximate surface area is 124 Å². The summed E-state index contributed by atoms with van der Waals surface area (Å²) < 4.78 is 5.76. The predicted octanol–water partition coefficient (Wildman–Crippen LogP) is 3.06. The first kappa shape index (κ1) is 16.3. The first-order valence-corrected chi connectivity index (χ1v) is 8.74. The molecule has 0 aromatic rings. The molecule has 1 aliphatic carbocycles. The largest absolute Gasteiger partial charge is 0.393 e. The minimum absolute atomic E-state index is 0.0818. The molecular weight excluding hydrogens is 250 g/mol. The van der Waals surface area contributed by atoms with Gasteiger partial charge in [0.25, 0.3) is 0 Å². The Hall–Kier alpha value is -0.120. The van der Waals surface area contributed by atoms with Crippen LogP contribution in [0.1, 0.15) is 58.8 Å². The van der Waals surface area contributed by atoms with Crippen LogP contribution in [-0.4, -0.2) is 48.5 Å². The Morgan fingerprint density at radius 1 is 1.15 bits per heavy atom. The Kier molecular flexibility index (Phi) is 6.79. The average molecular weight is 283 g/mol. The Morgan fingerprint density at radius 3 is 2.65 bits per heavy atom. The zero-order valence-electron chi connectivity index (χ0n) is 13.4. The normalized spacial score (nSPS) is 34.8. The molecule has 0 radical (unpaired) electrons. The van der Waals surface area contributed by atoms with E-state index < -0.39 is 0 Å². The molecular formula is C17H33NO2. The van der Waals surface area contributed by atoms with E-state index in [4.69, 9.17) is 4.74 Å². The highest BCUT2D eigenvalue weighted by molar-refractivity contribution is 4.83. The van der Waals surface area contributed by atoms with Crippen LogP contribution in [0.15, 0.2) is 0 Å². The third-order valence-electron chi connectivity index (χ3n) is 5.17. The lowest BCUT2D eigenvalue weighted by molar-refractivity contribution is 0.0128. The van der Waals surface area contributed by atoms with E-state index >= 15 is 0 Å². The van der Waals surface area contributed by atoms with E-state index in [1.54, 1.807) is 0 Å². The first-order chi connectivity index (χ1) is 9.72. The van der Waals surface area contributed by atoms with Gasteiger partial charge in [0, 0.05) is 19.7 Å². The number of ether oxygens (including phenoxy) is 1. The van der Waals surface area contributed by atoms with E-state index in [2.05, 4.69) is 18.7 Å². The van der Waals surface area contributed by atoms with E-state index in [0.717, 1.165) is 38.6 Å². The van der Waals surface area contributed by atoms with Crippen molar-refractivity contribution in [2.24, 2.45) is 11.8 Å². The fraction of sp³-hybridized carbons (Fsp3) is 1.00. The van der Waals surface area contributed by atoms with Gasteiger partial charge in [0.05, 0.1) is 12.2 Å². The molecule has 3 nitrogen and oxygen atoms in total. The lowest BCUT2D eigenvalue weighted by Gasteiger charge is -2.37. The highest BCUT2D eigenvalue weighted by Crippen LogP contribution is 2.32. The number of aliphatic hydroxyl groups is 1. The Morgan fingerprint density at radius 2 is 2.00 bits per heavy atom. The molecule has 1 saturated carbocycles. The lowest BCUT2D eigenvalue weighted by atomic mass is 9.77. The summed E-state index contributed by atoms with van der Waals surface area (Å²) in [6.45, 7) is 8.62. The maximum atomic E-state index is 10.3. The summed E-state index contributed by atoms with van der Waals surface area (Å²) in [6.07, 6.45) is 8.84. The zero-order chi connectivity index (χ0) is 14.4. The maximum absolute atomic E-state index is 10.3. The molecule has 1 aliphatic heterocycles. The van der Waals surface area contributed by atoms with Gasteiger partial charge in [-0.25, -0.2) is 0 Å². The first-order valence-electron chi connectivity index (χ1n) is 8.74. The standard InChI is InChI=1S/C17H33NO2/c1-3-6-14-8-9-17(19)15(11-14)12-18(4-2)13-16-7-5-10-20-16/h14-17,19H,3-13H2,1-2H3. The van der Waals surface area contributed by atoms with Crippen molar-refractivity contribution >= 4 is 0 Å². The highest BCUT2D eigenvalue weighted by Gasteiger charge is 2.30. The van der Waals surface area contributed by atoms with E-state index in [9.17, 15) is 5.11 Å². The average Bonchev–Trinajstić information content (AvgIpc) is 2.95. The minimum Gasteiger partial charge on any atom is -0.393 e. The Balaban J connectivity index is 1.81. The monoisotopic (exact) mass is 283 g/mol. The van der Waals surface area contributed by atoms with Crippen LogP contribution in [0.3, 0.4) is 0 Å². The van der Waals surface area contributed by atoms with Crippen molar-refractivity contribution in [3.63, 3.8) is 0 Å². The molecule has 0 spiro atoms. The van der Waals surface area contributed by atoms with Crippen molar-refractivity contribution < 1.29 is 9.84 Å². The molecule has 4 atom stereocenters. The molecule has 2 fully saturated rings. The molecule has 0 aromatic carbocycles. The molecule has 0 aromatic heterocycles. The number of hydrogen-bond donors (Lipinski definition) is 1. The van der Waals surface area contributed by atoms with Gasteiger partial charge < -0.3 is 14.7 Å². The van der Waals surface area contributed by atoms with Crippen molar-refractivity contribution in [3.05, 3.63) is 0 Å². The van der Waals surface area contributed by atoms with Gasteiger partial charge in [-0.05, 0) is 50.5 Å². The molecule has 1 N–H and O–H groups in total. The molecule has 1 heterocycles. The van der Waals surface area contributed by atoms with Crippen molar-refractivity contribution in [2.45, 2.75) is 71.0 Å². The van der Waals surface area contributed by atoms with Crippen LogP contribution in [0.2, 0.25) is 0 Å². The third kappa shape index (κ3) is 4.71. The van der Waals surface area contributed by atoms with Crippen LogP contribution in [0.4, 0.5) is 0 Å². The summed E-state index contributed by atoms with van der Waals surface area (Å²) >= 11 is 0. The SMILES string of the molecule is CCCC1CCC(O)C(CN(CC)CC2CCCO2)C1. The maximum Gasteiger partial charge on any atom is 0.0702 e. The number of aliphatic hydroxyl groups excluding tert-OH is 1. The van der Waals surface area contributed by atoms with Crippen LogP contribution < -0.4 is 0 Å². The molecule has 118 valence electrons. The topological polar surface area (TPSA) is 32.7 Å². The Bertz CT molecular complexity index is 266. The second kappa shape index (κ2) is 8.35. The summed E-state index contributed by atoms with van der Waals surface area (Å²) in [5.41, 5.74) is 0. The highest BCUT2D eigenvalue weighted by atomic mass is 16.5. The summed E-state index contributed by atoms with van der Waals surface area (Å²) in [6, 6.07) is 0. The van der Waals surface area contributed by atoms with Gasteiger partial charge in [0.2, 0.25) is 0 Å². The van der Waals surface area contributed by atoms with Crippen LogP contribution in [0, 0.1) is 11.8 Å². The van der Waals surface area contributed by atoms with Crippen molar-refractivity contribution in [1.29, 1.82) is 0 Å². The molecule has 20 heavy (non-hydrogen) atoms. The van der Waals surface area contributed by atoms with Crippen LogP contribution in [0.25, 0.3) is 0 Å². The van der Waals surface area contributed by atoms with Crippen molar-refractivity contribution in [2.75, 3.05) is 26.2 Å². The number of likely N-dealkylation sites (N-methyl/N-ethyl adjacent to an activating group) is 1. The third-order valence-corrected chi connectivity index (χ3v) is 5.17. The predicted molar refractivity (Wildman–Crippen MR) is 82.8 cm³/mol. The summed E-state index contributed by atoms with van der Waals surface area (Å²) in [5.74, 6) is 1.32. The fourth-order valence-corrected chi connectivity index (χ4v) is 3.95. The molecule has 2 aliphatic rings. The molecule has 0 amide bonds. The van der Waals surface area contributed by atoms with Gasteiger partial charge >= 0.3 is 0 Å². The molecule has 3 heteroatoms. The second-order valence-electron chi connectivity index (χ2n) is 6.78. The van der Waals surface area contributed by atoms with Crippen LogP contribution in [0.5, 0.6) is 0 Å². The molecule has 0 bridgehead atoms. The van der Waals surface area contributed by atoms with Gasteiger partial charge in [-0.2, -0.15) is 0 Å². The number of rotatable bonds is 7. The number of nitrogens with zero attached hydrogens (tertiary/aromatic N) is 1. The fourth-order valence-electron chi connectivity index (χ4n) is 3.95. The van der Waals surface area contributed by atoms with Crippen LogP contribution >= 0.6 is 0 Å². The summed E-state index contributed by atoms with van der Waals surface area (Å²) in [5, 5.41) is 10.3. The van der Waals surface area contributed by atoms with Crippen molar-refractivity contribution in [3.8, 4) is 0 Å². The summed E-state index contributed by atoms with van der Waals surface area (Å²) in [4.78, 5) is 2.50. The van der Waals surface area contributed by atoms with E-state index in [0.29, 0.717) is 12.0 Å². The van der Waals surface area contributed by atoms with Crippen LogP contribution in [-0.2, 0) is 4.74 Å². The minimum atomic E-state index is -0.0818. The smallest absolute Gasteiger partial charge is 0.0702 e. The molecule has 4 unspecified atom stereocenters. The van der Waals surface area contributed by atoms with E-state index in [-0.39, 0.29) is 6.10 Å². The van der Waals surface area contributed by atoms with Gasteiger partial charge in [-0.1, -0.05) is 26.7 Å². The second-order valence-corrected chi connectivity index (χ2v) is 6.78. The van der Waals surface area contributed by atoms with Gasteiger partial charge in [0.1, 0.15) is 0 Å². The van der Waals surface area contributed by atoms with Gasteiger partial charge in [-0.3, -0.25) is 0 Å². The van der Waals surface area contributed by atoms with E-state index in [1.807, 2.05) is 0 Å². The quantitative estimate of drug-likeness (QED) is 0.779.